The number of urea groups is 1. The average molecular weight is 402 g/mol. The average Bonchev–Trinajstić information content (AvgIpc) is 3.13. The highest BCUT2D eigenvalue weighted by Crippen LogP contribution is 2.35. The van der Waals surface area contributed by atoms with Crippen molar-refractivity contribution in [2.45, 2.75) is 18.3 Å². The second-order valence-corrected chi connectivity index (χ2v) is 6.52. The van der Waals surface area contributed by atoms with Crippen LogP contribution in [0.5, 0.6) is 0 Å². The number of aromatic nitrogens is 2. The van der Waals surface area contributed by atoms with Gasteiger partial charge in [-0.3, -0.25) is 9.48 Å². The molecule has 1 aromatic carbocycles. The van der Waals surface area contributed by atoms with E-state index in [0.29, 0.717) is 15.3 Å². The van der Waals surface area contributed by atoms with Gasteiger partial charge in [0.05, 0.1) is 12.2 Å². The monoisotopic (exact) mass is 401 g/mol. The standard InChI is InChI=1S/C16H15ClF3N5O2/c1-24-12(16(18,19)20)6-10(23-24)13(8-2-4-9(17)5-3-8)25-7-11(14(21)26)22-15(25)27/h2-6,11,13H,7H2,1H3,(H2,21,26)(H,22,27)/t11?,13-/m1/s1. The molecule has 144 valence electrons. The summed E-state index contributed by atoms with van der Waals surface area (Å²) in [5.41, 5.74) is 4.78. The summed E-state index contributed by atoms with van der Waals surface area (Å²) in [5.74, 6) is -0.738. The van der Waals surface area contributed by atoms with Gasteiger partial charge < -0.3 is 16.0 Å². The molecule has 0 spiro atoms. The SMILES string of the molecule is Cn1nc([C@@H](c2ccc(Cl)cc2)N2CC(C(N)=O)NC2=O)cc1C(F)(F)F. The molecule has 0 saturated carbocycles. The number of carbonyl (C=O) groups is 2. The zero-order valence-electron chi connectivity index (χ0n) is 14.0. The van der Waals surface area contributed by atoms with Crippen molar-refractivity contribution >= 4 is 23.5 Å². The van der Waals surface area contributed by atoms with Gasteiger partial charge in [0.15, 0.2) is 0 Å². The largest absolute Gasteiger partial charge is 0.433 e. The number of halogens is 4. The van der Waals surface area contributed by atoms with Crippen LogP contribution in [0.15, 0.2) is 30.3 Å². The number of aryl methyl sites for hydroxylation is 1. The van der Waals surface area contributed by atoms with Crippen LogP contribution in [0.1, 0.15) is 23.0 Å². The molecule has 2 aromatic rings. The summed E-state index contributed by atoms with van der Waals surface area (Å²) in [5, 5.41) is 6.79. The number of carbonyl (C=O) groups excluding carboxylic acids is 2. The van der Waals surface area contributed by atoms with Gasteiger partial charge in [0.1, 0.15) is 17.8 Å². The maximum atomic E-state index is 13.2. The van der Waals surface area contributed by atoms with Crippen molar-refractivity contribution in [1.82, 2.24) is 20.0 Å². The maximum absolute atomic E-state index is 13.2. The molecule has 3 N–H and O–H groups in total. The lowest BCUT2D eigenvalue weighted by atomic mass is 10.0. The number of nitrogens with two attached hydrogens (primary N) is 1. The zero-order chi connectivity index (χ0) is 19.9. The third-order valence-electron chi connectivity index (χ3n) is 4.25. The predicted molar refractivity (Wildman–Crippen MR) is 89.7 cm³/mol. The summed E-state index contributed by atoms with van der Waals surface area (Å²) in [4.78, 5) is 25.0. The number of amides is 3. The van der Waals surface area contributed by atoms with Gasteiger partial charge in [-0.25, -0.2) is 4.79 Å². The van der Waals surface area contributed by atoms with E-state index < -0.39 is 35.9 Å². The fraction of sp³-hybridized carbons (Fsp3) is 0.312. The van der Waals surface area contributed by atoms with E-state index in [2.05, 4.69) is 10.4 Å². The van der Waals surface area contributed by atoms with Gasteiger partial charge in [-0.05, 0) is 23.8 Å². The number of alkyl halides is 3. The summed E-state index contributed by atoms with van der Waals surface area (Å²) < 4.78 is 40.2. The number of rotatable bonds is 4. The highest BCUT2D eigenvalue weighted by molar-refractivity contribution is 6.30. The lowest BCUT2D eigenvalue weighted by Gasteiger charge is -2.26. The van der Waals surface area contributed by atoms with Crippen LogP contribution in [0.2, 0.25) is 5.02 Å². The molecule has 1 unspecified atom stereocenters. The first-order valence-electron chi connectivity index (χ1n) is 7.81. The van der Waals surface area contributed by atoms with Crippen LogP contribution < -0.4 is 11.1 Å². The molecular weight excluding hydrogens is 387 g/mol. The first kappa shape index (κ1) is 19.0. The highest BCUT2D eigenvalue weighted by atomic mass is 35.5. The molecule has 0 aliphatic carbocycles. The van der Waals surface area contributed by atoms with E-state index in [1.165, 1.54) is 11.9 Å². The first-order valence-corrected chi connectivity index (χ1v) is 8.18. The van der Waals surface area contributed by atoms with Gasteiger partial charge in [0, 0.05) is 12.1 Å². The van der Waals surface area contributed by atoms with E-state index >= 15 is 0 Å². The van der Waals surface area contributed by atoms with Crippen LogP contribution >= 0.6 is 11.6 Å². The van der Waals surface area contributed by atoms with Gasteiger partial charge in [-0.2, -0.15) is 18.3 Å². The van der Waals surface area contributed by atoms with Crippen molar-refractivity contribution in [2.24, 2.45) is 12.8 Å². The van der Waals surface area contributed by atoms with E-state index in [4.69, 9.17) is 17.3 Å². The molecule has 7 nitrogen and oxygen atoms in total. The number of hydrogen-bond acceptors (Lipinski definition) is 3. The fourth-order valence-electron chi connectivity index (χ4n) is 2.98. The normalized spacial score (nSPS) is 18.5. The van der Waals surface area contributed by atoms with Gasteiger partial charge in [-0.15, -0.1) is 0 Å². The predicted octanol–water partition coefficient (Wildman–Crippen LogP) is 2.06. The van der Waals surface area contributed by atoms with Crippen molar-refractivity contribution in [3.8, 4) is 0 Å². The Hall–Kier alpha value is -2.75. The topological polar surface area (TPSA) is 93.2 Å². The summed E-state index contributed by atoms with van der Waals surface area (Å²) in [7, 11) is 1.17. The Bertz CT molecular complexity index is 881. The van der Waals surface area contributed by atoms with Crippen LogP contribution in [-0.2, 0) is 18.0 Å². The molecule has 27 heavy (non-hydrogen) atoms. The molecule has 2 atom stereocenters. The van der Waals surface area contributed by atoms with E-state index in [1.54, 1.807) is 24.3 Å². The number of benzene rings is 1. The molecule has 1 saturated heterocycles. The third kappa shape index (κ3) is 3.70. The second kappa shape index (κ2) is 6.76. The Balaban J connectivity index is 2.08. The van der Waals surface area contributed by atoms with Gasteiger partial charge >= 0.3 is 12.2 Å². The maximum Gasteiger partial charge on any atom is 0.433 e. The molecule has 3 amide bonds. The minimum Gasteiger partial charge on any atom is -0.368 e. The number of nitrogens with zero attached hydrogens (tertiary/aromatic N) is 3. The molecule has 3 rings (SSSR count). The second-order valence-electron chi connectivity index (χ2n) is 6.09. The Morgan fingerprint density at radius 1 is 1.37 bits per heavy atom. The van der Waals surface area contributed by atoms with Crippen molar-refractivity contribution in [2.75, 3.05) is 6.54 Å². The van der Waals surface area contributed by atoms with Crippen molar-refractivity contribution in [3.05, 3.63) is 52.3 Å². The minimum absolute atomic E-state index is 0.00687. The Morgan fingerprint density at radius 3 is 2.48 bits per heavy atom. The van der Waals surface area contributed by atoms with E-state index in [-0.39, 0.29) is 12.2 Å². The highest BCUT2D eigenvalue weighted by Gasteiger charge is 2.41. The Morgan fingerprint density at radius 2 is 2.00 bits per heavy atom. The molecular formula is C16H15ClF3N5O2. The molecule has 2 heterocycles. The molecule has 1 fully saturated rings. The Kier molecular flexibility index (Phi) is 4.77. The molecule has 1 aromatic heterocycles. The van der Waals surface area contributed by atoms with E-state index in [0.717, 1.165) is 6.07 Å². The van der Waals surface area contributed by atoms with E-state index in [1.807, 2.05) is 0 Å². The minimum atomic E-state index is -4.60. The molecule has 1 aliphatic heterocycles. The summed E-state index contributed by atoms with van der Waals surface area (Å²) >= 11 is 5.88. The van der Waals surface area contributed by atoms with Gasteiger partial charge in [0.25, 0.3) is 0 Å². The van der Waals surface area contributed by atoms with E-state index in [9.17, 15) is 22.8 Å². The molecule has 0 bridgehead atoms. The third-order valence-corrected chi connectivity index (χ3v) is 4.50. The van der Waals surface area contributed by atoms with Crippen molar-refractivity contribution < 1.29 is 22.8 Å². The first-order chi connectivity index (χ1) is 12.6. The summed E-state index contributed by atoms with van der Waals surface area (Å²) in [6.45, 7) is -0.0978. The van der Waals surface area contributed by atoms with Gasteiger partial charge in [-0.1, -0.05) is 23.7 Å². The van der Waals surface area contributed by atoms with Gasteiger partial charge in [0.2, 0.25) is 5.91 Å². The fourth-order valence-corrected chi connectivity index (χ4v) is 3.11. The van der Waals surface area contributed by atoms with Crippen molar-refractivity contribution in [1.29, 1.82) is 0 Å². The lowest BCUT2D eigenvalue weighted by Crippen LogP contribution is -2.39. The Labute approximate surface area is 156 Å². The molecule has 0 radical (unpaired) electrons. The van der Waals surface area contributed by atoms with Crippen LogP contribution in [0.3, 0.4) is 0 Å². The smallest absolute Gasteiger partial charge is 0.368 e. The van der Waals surface area contributed by atoms with Crippen molar-refractivity contribution in [3.63, 3.8) is 0 Å². The lowest BCUT2D eigenvalue weighted by molar-refractivity contribution is -0.143. The number of hydrogen-bond donors (Lipinski definition) is 2. The van der Waals surface area contributed by atoms with Crippen LogP contribution in [-0.4, -0.2) is 39.2 Å². The van der Waals surface area contributed by atoms with Crippen LogP contribution in [0.4, 0.5) is 18.0 Å². The van der Waals surface area contributed by atoms with Crippen LogP contribution in [0, 0.1) is 0 Å². The zero-order valence-corrected chi connectivity index (χ0v) is 14.8. The number of primary amides is 1. The number of nitrogens with one attached hydrogen (secondary N) is 1. The summed E-state index contributed by atoms with van der Waals surface area (Å²) in [6, 6.07) is 4.63. The molecule has 1 aliphatic rings. The molecule has 11 heteroatoms. The summed E-state index contributed by atoms with van der Waals surface area (Å²) in [6.07, 6.45) is -4.60. The quantitative estimate of drug-likeness (QED) is 0.821. The van der Waals surface area contributed by atoms with Crippen LogP contribution in [0.25, 0.3) is 0 Å².